The van der Waals surface area contributed by atoms with Gasteiger partial charge in [0.05, 0.1) is 12.2 Å². The zero-order chi connectivity index (χ0) is 18.8. The molecule has 0 unspecified atom stereocenters. The van der Waals surface area contributed by atoms with Gasteiger partial charge in [-0.25, -0.2) is 4.79 Å². The van der Waals surface area contributed by atoms with Gasteiger partial charge in [0.1, 0.15) is 5.00 Å². The average Bonchev–Trinajstić information content (AvgIpc) is 3.14. The number of anilines is 1. The van der Waals surface area contributed by atoms with Crippen LogP contribution in [0.25, 0.3) is 0 Å². The lowest BCUT2D eigenvalue weighted by molar-refractivity contribution is 0.0526. The number of likely N-dealkylation sites (N-methyl/N-ethyl adjacent to an activating group) is 1. The monoisotopic (exact) mass is 412 g/mol. The zero-order valence-corrected chi connectivity index (χ0v) is 17.6. The summed E-state index contributed by atoms with van der Waals surface area (Å²) < 4.78 is 7.00. The Morgan fingerprint density at radius 1 is 1.37 bits per heavy atom. The Morgan fingerprint density at radius 2 is 2.11 bits per heavy atom. The Kier molecular flexibility index (Phi) is 7.02. The second-order valence-electron chi connectivity index (χ2n) is 6.36. The number of halogens is 1. The van der Waals surface area contributed by atoms with Crippen molar-refractivity contribution in [1.29, 1.82) is 0 Å². The van der Waals surface area contributed by atoms with Crippen LogP contribution in [-0.4, -0.2) is 46.8 Å². The van der Waals surface area contributed by atoms with Crippen LogP contribution in [0.15, 0.2) is 6.07 Å². The van der Waals surface area contributed by atoms with Crippen molar-refractivity contribution >= 4 is 40.6 Å². The van der Waals surface area contributed by atoms with Crippen molar-refractivity contribution < 1.29 is 14.3 Å². The topological polar surface area (TPSA) is 76.5 Å². The summed E-state index contributed by atoms with van der Waals surface area (Å²) in [5.41, 5.74) is 2.77. The van der Waals surface area contributed by atoms with Gasteiger partial charge < -0.3 is 15.0 Å². The van der Waals surface area contributed by atoms with Crippen molar-refractivity contribution in [2.75, 3.05) is 25.5 Å². The Hall–Kier alpha value is -1.90. The molecule has 0 saturated heterocycles. The number of aryl methyl sites for hydroxylation is 2. The third-order valence-corrected chi connectivity index (χ3v) is 5.60. The first kappa shape index (κ1) is 21.4. The fraction of sp³-hybridized carbons (Fsp3) is 0.500. The smallest absolute Gasteiger partial charge is 0.341 e. The van der Waals surface area contributed by atoms with Gasteiger partial charge in [0.2, 0.25) is 0 Å². The summed E-state index contributed by atoms with van der Waals surface area (Å²) >= 11 is 1.45. The number of ether oxygens (including phenoxy) is 1. The highest BCUT2D eigenvalue weighted by Crippen LogP contribution is 2.37. The van der Waals surface area contributed by atoms with E-state index >= 15 is 0 Å². The minimum absolute atomic E-state index is 0. The summed E-state index contributed by atoms with van der Waals surface area (Å²) in [6, 6.07) is 1.75. The molecule has 0 saturated carbocycles. The molecule has 2 aromatic heterocycles. The van der Waals surface area contributed by atoms with E-state index in [0.717, 1.165) is 35.6 Å². The number of fused-ring (bicyclic) bond motifs is 1. The lowest BCUT2D eigenvalue weighted by Crippen LogP contribution is -2.26. The molecule has 1 N–H and O–H groups in total. The molecule has 148 valence electrons. The second-order valence-corrected chi connectivity index (χ2v) is 7.46. The maximum absolute atomic E-state index is 12.7. The maximum Gasteiger partial charge on any atom is 0.341 e. The van der Waals surface area contributed by atoms with E-state index in [9.17, 15) is 9.59 Å². The quantitative estimate of drug-likeness (QED) is 0.763. The van der Waals surface area contributed by atoms with E-state index in [1.165, 1.54) is 11.3 Å². The third kappa shape index (κ3) is 4.34. The summed E-state index contributed by atoms with van der Waals surface area (Å²) in [6.45, 7) is 8.32. The molecule has 0 aliphatic carbocycles. The number of carbonyl (C=O) groups is 2. The van der Waals surface area contributed by atoms with Gasteiger partial charge in [0.25, 0.3) is 5.91 Å². The largest absolute Gasteiger partial charge is 0.462 e. The molecular weight excluding hydrogens is 388 g/mol. The van der Waals surface area contributed by atoms with Crippen molar-refractivity contribution in [2.24, 2.45) is 0 Å². The van der Waals surface area contributed by atoms with Gasteiger partial charge in [-0.05, 0) is 45.9 Å². The summed E-state index contributed by atoms with van der Waals surface area (Å²) in [7, 11) is 2.05. The molecule has 7 nitrogen and oxygen atoms in total. The molecule has 1 aliphatic heterocycles. The van der Waals surface area contributed by atoms with E-state index in [0.29, 0.717) is 29.4 Å². The lowest BCUT2D eigenvalue weighted by Gasteiger charge is -2.22. The highest BCUT2D eigenvalue weighted by atomic mass is 35.5. The first-order chi connectivity index (χ1) is 12.4. The third-order valence-electron chi connectivity index (χ3n) is 4.47. The standard InChI is InChI=1S/C18H24N4O3S.ClH/c1-5-22-11(3)9-13(20-22)16(23)19-17-15(18(24)25-6-2)12-7-8-21(4)10-14(12)26-17;/h9H,5-8,10H2,1-4H3,(H,19,23);1H. The minimum atomic E-state index is -0.375. The number of amides is 1. The van der Waals surface area contributed by atoms with Gasteiger partial charge in [0.15, 0.2) is 5.69 Å². The van der Waals surface area contributed by atoms with Crippen LogP contribution in [-0.2, 0) is 24.2 Å². The summed E-state index contributed by atoms with van der Waals surface area (Å²) in [5.74, 6) is -0.682. The van der Waals surface area contributed by atoms with Gasteiger partial charge in [-0.15, -0.1) is 23.7 Å². The van der Waals surface area contributed by atoms with Gasteiger partial charge in [-0.2, -0.15) is 5.10 Å². The number of esters is 1. The van der Waals surface area contributed by atoms with E-state index in [-0.39, 0.29) is 24.3 Å². The number of rotatable bonds is 5. The van der Waals surface area contributed by atoms with E-state index in [1.807, 2.05) is 20.9 Å². The molecule has 0 spiro atoms. The van der Waals surface area contributed by atoms with Gasteiger partial charge in [0, 0.05) is 30.2 Å². The van der Waals surface area contributed by atoms with Gasteiger partial charge >= 0.3 is 5.97 Å². The molecule has 0 atom stereocenters. The van der Waals surface area contributed by atoms with Crippen molar-refractivity contribution in [3.05, 3.63) is 33.5 Å². The van der Waals surface area contributed by atoms with Crippen LogP contribution >= 0.6 is 23.7 Å². The molecule has 0 radical (unpaired) electrons. The molecule has 1 aliphatic rings. The van der Waals surface area contributed by atoms with Gasteiger partial charge in [-0.3, -0.25) is 9.48 Å². The molecule has 2 aromatic rings. The van der Waals surface area contributed by atoms with E-state index in [4.69, 9.17) is 4.74 Å². The summed E-state index contributed by atoms with van der Waals surface area (Å²) in [4.78, 5) is 28.5. The molecule has 0 fully saturated rings. The summed E-state index contributed by atoms with van der Waals surface area (Å²) in [5, 5.41) is 7.75. The van der Waals surface area contributed by atoms with E-state index in [1.54, 1.807) is 17.7 Å². The number of hydrogen-bond donors (Lipinski definition) is 1. The molecule has 3 rings (SSSR count). The molecular formula is C18H25ClN4O3S. The SMILES string of the molecule is CCOC(=O)c1c(NC(=O)c2cc(C)n(CC)n2)sc2c1CCN(C)C2.Cl. The van der Waals surface area contributed by atoms with Crippen LogP contribution in [0.3, 0.4) is 0 Å². The maximum atomic E-state index is 12.7. The Labute approximate surface area is 169 Å². The average molecular weight is 413 g/mol. The second kappa shape index (κ2) is 8.86. The summed E-state index contributed by atoms with van der Waals surface area (Å²) in [6.07, 6.45) is 0.774. The van der Waals surface area contributed by atoms with Crippen LogP contribution in [0, 0.1) is 6.92 Å². The highest BCUT2D eigenvalue weighted by molar-refractivity contribution is 7.17. The predicted octanol–water partition coefficient (Wildman–Crippen LogP) is 3.11. The number of nitrogens with zero attached hydrogens (tertiary/aromatic N) is 3. The molecule has 3 heterocycles. The van der Waals surface area contributed by atoms with Crippen LogP contribution < -0.4 is 5.32 Å². The van der Waals surface area contributed by atoms with Gasteiger partial charge in [-0.1, -0.05) is 0 Å². The number of carbonyl (C=O) groups excluding carboxylic acids is 2. The molecule has 0 aromatic carbocycles. The Bertz CT molecular complexity index is 846. The molecule has 0 bridgehead atoms. The molecule has 1 amide bonds. The van der Waals surface area contributed by atoms with E-state index in [2.05, 4.69) is 15.3 Å². The number of nitrogens with one attached hydrogen (secondary N) is 1. The van der Waals surface area contributed by atoms with Crippen molar-refractivity contribution in [1.82, 2.24) is 14.7 Å². The van der Waals surface area contributed by atoms with Crippen molar-refractivity contribution in [3.63, 3.8) is 0 Å². The normalized spacial score (nSPS) is 13.6. The fourth-order valence-corrected chi connectivity index (χ4v) is 4.46. The van der Waals surface area contributed by atoms with Crippen molar-refractivity contribution in [3.8, 4) is 0 Å². The van der Waals surface area contributed by atoms with Crippen molar-refractivity contribution in [2.45, 2.75) is 40.3 Å². The van der Waals surface area contributed by atoms with Crippen LogP contribution in [0.2, 0.25) is 0 Å². The van der Waals surface area contributed by atoms with Crippen LogP contribution in [0.5, 0.6) is 0 Å². The minimum Gasteiger partial charge on any atom is -0.462 e. The first-order valence-electron chi connectivity index (χ1n) is 8.80. The van der Waals surface area contributed by atoms with Crippen LogP contribution in [0.4, 0.5) is 5.00 Å². The lowest BCUT2D eigenvalue weighted by atomic mass is 10.0. The first-order valence-corrected chi connectivity index (χ1v) is 9.62. The van der Waals surface area contributed by atoms with E-state index < -0.39 is 0 Å². The fourth-order valence-electron chi connectivity index (χ4n) is 3.15. The number of thiophene rings is 1. The molecule has 27 heavy (non-hydrogen) atoms. The molecule has 9 heteroatoms. The zero-order valence-electron chi connectivity index (χ0n) is 16.0. The Balaban J connectivity index is 0.00000261. The number of aromatic nitrogens is 2. The number of hydrogen-bond acceptors (Lipinski definition) is 6. The highest BCUT2D eigenvalue weighted by Gasteiger charge is 2.29. The van der Waals surface area contributed by atoms with Crippen LogP contribution in [0.1, 0.15) is 50.8 Å². The Morgan fingerprint density at radius 3 is 2.74 bits per heavy atom. The predicted molar refractivity (Wildman–Crippen MR) is 108 cm³/mol.